The van der Waals surface area contributed by atoms with Crippen LogP contribution in [0.25, 0.3) is 0 Å². The van der Waals surface area contributed by atoms with Gasteiger partial charge in [-0.05, 0) is 146 Å². The average Bonchev–Trinajstić information content (AvgIpc) is 3.55. The van der Waals surface area contributed by atoms with Crippen molar-refractivity contribution in [1.29, 1.82) is 0 Å². The minimum absolute atomic E-state index is 0.0249. The van der Waals surface area contributed by atoms with E-state index in [1.807, 2.05) is 58.1 Å². The molecule has 0 aromatic heterocycles. The summed E-state index contributed by atoms with van der Waals surface area (Å²) in [6.07, 6.45) is 12.1. The van der Waals surface area contributed by atoms with Crippen LogP contribution in [0.3, 0.4) is 0 Å². The van der Waals surface area contributed by atoms with Gasteiger partial charge in [0, 0.05) is 58.5 Å². The van der Waals surface area contributed by atoms with Crippen molar-refractivity contribution >= 4 is 43.5 Å². The first kappa shape index (κ1) is 70.0. The van der Waals surface area contributed by atoms with Crippen molar-refractivity contribution in [2.24, 2.45) is 40.9 Å². The molecule has 5 aliphatic rings. The molecule has 4 fully saturated rings. The number of Topliss-reactive ketones (excluding diaryl/α,β-unsaturated/α-hetero) is 3. The fourth-order valence-electron chi connectivity index (χ4n) is 12.8. The predicted molar refractivity (Wildman–Crippen MR) is 319 cm³/mol. The Kier molecular flexibility index (Phi) is 26.4. The molecule has 83 heavy (non-hydrogen) atoms. The normalized spacial score (nSPS) is 36.8. The van der Waals surface area contributed by atoms with E-state index in [1.165, 1.54) is 4.90 Å². The first-order valence-corrected chi connectivity index (χ1v) is 33.6. The zero-order valence-corrected chi connectivity index (χ0v) is 54.3. The molecule has 18 heteroatoms. The Morgan fingerprint density at radius 2 is 1.47 bits per heavy atom. The van der Waals surface area contributed by atoms with Crippen LogP contribution in [0, 0.1) is 40.9 Å². The number of ketones is 3. The van der Waals surface area contributed by atoms with Gasteiger partial charge in [0.2, 0.25) is 5.79 Å². The number of esters is 2. The smallest absolute Gasteiger partial charge is 0.329 e. The number of piperidine rings is 1. The van der Waals surface area contributed by atoms with Crippen LogP contribution in [-0.2, 0) is 71.1 Å². The topological polar surface area (TPSA) is 209 Å². The highest BCUT2D eigenvalue weighted by Crippen LogP contribution is 2.40. The molecule has 5 rings (SSSR count). The summed E-state index contributed by atoms with van der Waals surface area (Å²) in [6, 6.07) is 1.31. The molecular weight excluding hydrogens is 1080 g/mol. The summed E-state index contributed by atoms with van der Waals surface area (Å²) in [4.78, 5) is 88.3. The highest BCUT2D eigenvalue weighted by atomic mass is 28.4. The van der Waals surface area contributed by atoms with Crippen molar-refractivity contribution in [1.82, 2.24) is 4.90 Å². The molecule has 1 N–H and O–H groups in total. The highest BCUT2D eigenvalue weighted by Gasteiger charge is 2.54. The number of allylic oxidation sites excluding steroid dienone is 6. The Morgan fingerprint density at radius 1 is 0.795 bits per heavy atom. The lowest BCUT2D eigenvalue weighted by Crippen LogP contribution is -2.61. The third-order valence-corrected chi connectivity index (χ3v) is 23.6. The van der Waals surface area contributed by atoms with E-state index in [0.717, 1.165) is 23.7 Å². The summed E-state index contributed by atoms with van der Waals surface area (Å²) in [5.74, 6) is -9.05. The molecule has 470 valence electrons. The molecular formula is C65H105NO16Si. The van der Waals surface area contributed by atoms with Crippen LogP contribution in [0.1, 0.15) is 167 Å². The van der Waals surface area contributed by atoms with Gasteiger partial charge in [0.25, 0.3) is 11.7 Å². The summed E-state index contributed by atoms with van der Waals surface area (Å²) in [7, 11) is 2.34. The molecule has 0 radical (unpaired) electrons. The fraction of sp³-hybridized carbons (Fsp3) is 0.785. The van der Waals surface area contributed by atoms with Crippen LogP contribution < -0.4 is 0 Å². The summed E-state index contributed by atoms with van der Waals surface area (Å²) in [5, 5.41) is 12.1. The first-order valence-electron chi connectivity index (χ1n) is 31.1. The van der Waals surface area contributed by atoms with Gasteiger partial charge in [-0.15, -0.1) is 0 Å². The lowest BCUT2D eigenvalue weighted by atomic mass is 9.78. The Labute approximate surface area is 497 Å². The number of nitrogens with zero attached hydrogens (tertiary/aromatic N) is 1. The fourth-order valence-corrected chi connectivity index (χ4v) is 15.6. The van der Waals surface area contributed by atoms with E-state index in [-0.39, 0.29) is 61.9 Å². The van der Waals surface area contributed by atoms with E-state index in [1.54, 1.807) is 55.9 Å². The second-order valence-electron chi connectivity index (χ2n) is 25.8. The van der Waals surface area contributed by atoms with Crippen LogP contribution in [0.5, 0.6) is 0 Å². The number of hydrogen-bond donors (Lipinski definition) is 1. The number of rotatable bonds is 13. The van der Waals surface area contributed by atoms with Crippen molar-refractivity contribution < 1.29 is 76.2 Å². The molecule has 0 aromatic carbocycles. The van der Waals surface area contributed by atoms with Crippen LogP contribution in [-0.4, -0.2) is 155 Å². The van der Waals surface area contributed by atoms with Gasteiger partial charge in [-0.25, -0.2) is 4.79 Å². The van der Waals surface area contributed by atoms with E-state index in [4.69, 9.17) is 42.3 Å². The largest absolute Gasteiger partial charge is 0.460 e. The van der Waals surface area contributed by atoms with E-state index in [9.17, 15) is 33.9 Å². The SMILES string of the molecule is CC[Si](CC)(CC)O[C@@H]1/C(C)=C/[C@@H](C)C(=O)C[C@@H]([C@H](C)C[C@@H]2CC[C@@H](OC(=O)C3(C)COC(C)(C)OC3)[C@H](OC)C2)OC(=O)[C@@H]2CCCCN2C(=O)C(=O)[C@]2(O)O[C@@H](CC[C@H]2C)C[C@H](OC)/C(C)=C/C=C/C=C/[C@@H](C)C[C@@H](C)C(=O)[C@@H]1OC. The molecule has 1 amide bonds. The monoisotopic (exact) mass is 1180 g/mol. The van der Waals surface area contributed by atoms with Gasteiger partial charge >= 0.3 is 11.9 Å². The summed E-state index contributed by atoms with van der Waals surface area (Å²) >= 11 is 0. The van der Waals surface area contributed by atoms with Crippen LogP contribution in [0.15, 0.2) is 47.6 Å². The third kappa shape index (κ3) is 18.2. The van der Waals surface area contributed by atoms with E-state index in [2.05, 4.69) is 33.8 Å². The number of cyclic esters (lactones) is 1. The Hall–Kier alpha value is -3.72. The third-order valence-electron chi connectivity index (χ3n) is 19.0. The molecule has 0 unspecified atom stereocenters. The van der Waals surface area contributed by atoms with Crippen molar-refractivity contribution in [3.05, 3.63) is 47.6 Å². The number of ether oxygens (including phenoxy) is 8. The molecule has 1 aliphatic carbocycles. The summed E-state index contributed by atoms with van der Waals surface area (Å²) in [5.41, 5.74) is 0.595. The number of aliphatic hydroxyl groups is 1. The van der Waals surface area contributed by atoms with Crippen molar-refractivity contribution in [3.63, 3.8) is 0 Å². The summed E-state index contributed by atoms with van der Waals surface area (Å²) < 4.78 is 55.8. The second-order valence-corrected chi connectivity index (χ2v) is 30.6. The number of carbonyl (C=O) groups excluding carboxylic acids is 6. The van der Waals surface area contributed by atoms with Gasteiger partial charge in [0.1, 0.15) is 35.6 Å². The van der Waals surface area contributed by atoms with Crippen LogP contribution in [0.2, 0.25) is 18.1 Å². The standard InChI is InChI=1S/C65H105NO16Si/c1-17-83(18-2,19-3)82-57-46(9)34-43(6)51(67)38-54(44(7)35-48-29-31-52(55(36-48)75-15)80-62(72)64(13)39-77-63(11,12)78-40-64)79-61(71)50-27-23-24-32-66(50)60(70)59(69)65(73)47(10)28-30-49(81-65)37-53(74-14)42(5)26-22-20-21-25-41(4)33-45(8)56(68)58(57)76-16/h20-22,25-26,34,41,43-45,47-50,52-55,57-58,73H,17-19,23-24,27-33,35-40H2,1-16H3/b22-20+,25-21+,42-26+,46-34+/t41-,43-,44-,45-,47-,48+,49+,50+,52-,53+,54+,55-,57-,58+,65-/m1/s1. The zero-order valence-electron chi connectivity index (χ0n) is 53.3. The number of fused-ring (bicyclic) bond motifs is 3. The average molecular weight is 1180 g/mol. The minimum atomic E-state index is -2.45. The van der Waals surface area contributed by atoms with Crippen molar-refractivity contribution in [2.75, 3.05) is 41.1 Å². The van der Waals surface area contributed by atoms with E-state index in [0.29, 0.717) is 69.8 Å². The van der Waals surface area contributed by atoms with Gasteiger partial charge in [-0.3, -0.25) is 24.0 Å². The van der Waals surface area contributed by atoms with Crippen molar-refractivity contribution in [2.45, 2.75) is 246 Å². The summed E-state index contributed by atoms with van der Waals surface area (Å²) in [6.45, 7) is 25.4. The van der Waals surface area contributed by atoms with Gasteiger partial charge in [0.05, 0.1) is 37.6 Å². The van der Waals surface area contributed by atoms with Gasteiger partial charge < -0.3 is 52.3 Å². The zero-order chi connectivity index (χ0) is 61.6. The maximum atomic E-state index is 14.9. The Balaban J connectivity index is 1.51. The molecule has 4 aliphatic heterocycles. The lowest BCUT2D eigenvalue weighted by molar-refractivity contribution is -0.283. The minimum Gasteiger partial charge on any atom is -0.460 e. The number of amides is 1. The number of methoxy groups -OCH3 is 3. The predicted octanol–water partition coefficient (Wildman–Crippen LogP) is 10.6. The number of carbonyl (C=O) groups is 6. The molecule has 0 spiro atoms. The molecule has 15 atom stereocenters. The van der Waals surface area contributed by atoms with Gasteiger partial charge in [-0.2, -0.15) is 0 Å². The molecule has 1 saturated carbocycles. The van der Waals surface area contributed by atoms with E-state index < -0.39 is 115 Å². The molecule has 0 aromatic rings. The maximum absolute atomic E-state index is 14.9. The number of hydrogen-bond acceptors (Lipinski definition) is 16. The molecule has 4 heterocycles. The highest BCUT2D eigenvalue weighted by molar-refractivity contribution is 6.73. The Bertz CT molecular complexity index is 2310. The van der Waals surface area contributed by atoms with Crippen molar-refractivity contribution in [3.8, 4) is 0 Å². The van der Waals surface area contributed by atoms with Gasteiger partial charge in [0.15, 0.2) is 19.9 Å². The quantitative estimate of drug-likeness (QED) is 0.0787. The molecule has 2 bridgehead atoms. The van der Waals surface area contributed by atoms with Gasteiger partial charge in [-0.1, -0.05) is 91.8 Å². The lowest BCUT2D eigenvalue weighted by Gasteiger charge is -2.43. The Morgan fingerprint density at radius 3 is 2.10 bits per heavy atom. The molecule has 17 nitrogen and oxygen atoms in total. The molecule has 3 saturated heterocycles. The van der Waals surface area contributed by atoms with Crippen LogP contribution >= 0.6 is 0 Å². The van der Waals surface area contributed by atoms with Crippen LogP contribution in [0.4, 0.5) is 0 Å². The van der Waals surface area contributed by atoms with E-state index >= 15 is 0 Å². The first-order chi connectivity index (χ1) is 39.1. The maximum Gasteiger partial charge on any atom is 0.329 e. The second kappa shape index (κ2) is 31.3.